The van der Waals surface area contributed by atoms with Crippen LogP contribution in [0.5, 0.6) is 0 Å². The van der Waals surface area contributed by atoms with Gasteiger partial charge in [-0.15, -0.1) is 0 Å². The van der Waals surface area contributed by atoms with E-state index in [4.69, 9.17) is 4.98 Å². The van der Waals surface area contributed by atoms with Gasteiger partial charge in [0.2, 0.25) is 5.91 Å². The Labute approximate surface area is 180 Å². The van der Waals surface area contributed by atoms with E-state index in [2.05, 4.69) is 15.7 Å². The van der Waals surface area contributed by atoms with Gasteiger partial charge in [-0.1, -0.05) is 0 Å². The highest BCUT2D eigenvalue weighted by Gasteiger charge is 2.30. The fraction of sp³-hybridized carbons (Fsp3) is 0.391. The van der Waals surface area contributed by atoms with Gasteiger partial charge >= 0.3 is 0 Å². The number of aryl methyl sites for hydroxylation is 1. The second-order valence-electron chi connectivity index (χ2n) is 9.07. The molecule has 1 aliphatic rings. The lowest BCUT2D eigenvalue weighted by Gasteiger charge is -2.20. The Kier molecular flexibility index (Phi) is 5.03. The van der Waals surface area contributed by atoms with Crippen LogP contribution in [0.4, 0.5) is 15.8 Å². The Bertz CT molecular complexity index is 1200. The van der Waals surface area contributed by atoms with Gasteiger partial charge in [0.25, 0.3) is 5.91 Å². The van der Waals surface area contributed by atoms with Gasteiger partial charge in [0.1, 0.15) is 5.82 Å². The van der Waals surface area contributed by atoms with Crippen molar-refractivity contribution >= 4 is 34.2 Å². The van der Waals surface area contributed by atoms with Gasteiger partial charge in [-0.2, -0.15) is 5.10 Å². The van der Waals surface area contributed by atoms with Gasteiger partial charge < -0.3 is 10.6 Å². The smallest absolute Gasteiger partial charge is 0.256 e. The highest BCUT2D eigenvalue weighted by atomic mass is 19.1. The first-order valence-electron chi connectivity index (χ1n) is 10.3. The third-order valence-corrected chi connectivity index (χ3v) is 5.24. The Balaban J connectivity index is 1.78. The molecule has 4 rings (SSSR count). The number of amides is 2. The Morgan fingerprint density at radius 1 is 1.16 bits per heavy atom. The summed E-state index contributed by atoms with van der Waals surface area (Å²) in [5.41, 5.74) is 2.90. The first-order valence-corrected chi connectivity index (χ1v) is 10.3. The molecule has 2 N–H and O–H groups in total. The molecular weight excluding hydrogens is 397 g/mol. The van der Waals surface area contributed by atoms with E-state index in [1.165, 1.54) is 25.1 Å². The van der Waals surface area contributed by atoms with Gasteiger partial charge in [0.15, 0.2) is 5.65 Å². The van der Waals surface area contributed by atoms with Crippen LogP contribution in [0.1, 0.15) is 68.2 Å². The predicted octanol–water partition coefficient (Wildman–Crippen LogP) is 4.72. The van der Waals surface area contributed by atoms with Crippen molar-refractivity contribution < 1.29 is 14.0 Å². The summed E-state index contributed by atoms with van der Waals surface area (Å²) in [4.78, 5) is 29.5. The number of hydrogen-bond donors (Lipinski definition) is 2. The average molecular weight is 423 g/mol. The normalized spacial score (nSPS) is 14.0. The molecule has 8 heteroatoms. The second-order valence-corrected chi connectivity index (χ2v) is 9.07. The van der Waals surface area contributed by atoms with E-state index in [9.17, 15) is 14.0 Å². The molecule has 0 radical (unpaired) electrons. The molecular formula is C23H26FN5O2. The van der Waals surface area contributed by atoms with Crippen LogP contribution in [0, 0.1) is 12.7 Å². The molecule has 2 heterocycles. The van der Waals surface area contributed by atoms with Gasteiger partial charge in [0.05, 0.1) is 27.9 Å². The summed E-state index contributed by atoms with van der Waals surface area (Å²) in [6, 6.07) is 5.92. The standard InChI is InChI=1S/C23H26FN5O2/c1-12-20-16(22(31)26-15-8-9-17(24)19(10-15)25-13(2)30)11-18(14-6-7-14)27-21(20)29(28-12)23(3,4)5/h8-11,14H,6-7H2,1-5H3,(H,25,30)(H,26,31). The number of benzene rings is 1. The van der Waals surface area contributed by atoms with Crippen LogP contribution >= 0.6 is 0 Å². The van der Waals surface area contributed by atoms with E-state index >= 15 is 0 Å². The van der Waals surface area contributed by atoms with Crippen molar-refractivity contribution in [1.82, 2.24) is 14.8 Å². The molecule has 1 aliphatic carbocycles. The molecule has 1 fully saturated rings. The van der Waals surface area contributed by atoms with Gasteiger partial charge in [-0.05, 0) is 64.8 Å². The van der Waals surface area contributed by atoms with Crippen molar-refractivity contribution in [3.05, 3.63) is 47.0 Å². The summed E-state index contributed by atoms with van der Waals surface area (Å²) in [5, 5.41) is 10.6. The molecule has 0 unspecified atom stereocenters. The number of carbonyl (C=O) groups excluding carboxylic acids is 2. The minimum absolute atomic E-state index is 0.0144. The second kappa shape index (κ2) is 7.44. The highest BCUT2D eigenvalue weighted by molar-refractivity contribution is 6.13. The maximum Gasteiger partial charge on any atom is 0.256 e. The van der Waals surface area contributed by atoms with Crippen LogP contribution in [-0.4, -0.2) is 26.6 Å². The van der Waals surface area contributed by atoms with Crippen molar-refractivity contribution in [3.8, 4) is 0 Å². The minimum atomic E-state index is -0.571. The molecule has 0 saturated heterocycles. The largest absolute Gasteiger partial charge is 0.324 e. The molecule has 162 valence electrons. The highest BCUT2D eigenvalue weighted by Crippen LogP contribution is 2.41. The summed E-state index contributed by atoms with van der Waals surface area (Å²) in [7, 11) is 0. The molecule has 2 amide bonds. The number of nitrogens with zero attached hydrogens (tertiary/aromatic N) is 3. The van der Waals surface area contributed by atoms with E-state index < -0.39 is 11.7 Å². The third-order valence-electron chi connectivity index (χ3n) is 5.24. The fourth-order valence-electron chi connectivity index (χ4n) is 3.63. The lowest BCUT2D eigenvalue weighted by Crippen LogP contribution is -2.23. The van der Waals surface area contributed by atoms with E-state index in [1.54, 1.807) is 0 Å². The maximum absolute atomic E-state index is 14.0. The molecule has 7 nitrogen and oxygen atoms in total. The first kappa shape index (κ1) is 21.0. The minimum Gasteiger partial charge on any atom is -0.324 e. The molecule has 2 aromatic heterocycles. The SMILES string of the molecule is CC(=O)Nc1cc(NC(=O)c2cc(C3CC3)nc3c2c(C)nn3C(C)(C)C)ccc1F. The van der Waals surface area contributed by atoms with E-state index in [-0.39, 0.29) is 17.1 Å². The summed E-state index contributed by atoms with van der Waals surface area (Å²) in [6.07, 6.45) is 2.11. The lowest BCUT2D eigenvalue weighted by atomic mass is 10.1. The predicted molar refractivity (Wildman–Crippen MR) is 118 cm³/mol. The molecule has 1 aromatic carbocycles. The molecule has 0 spiro atoms. The van der Waals surface area contributed by atoms with Crippen LogP contribution in [0.2, 0.25) is 0 Å². The number of aromatic nitrogens is 3. The molecule has 3 aromatic rings. The van der Waals surface area contributed by atoms with Crippen molar-refractivity contribution in [2.75, 3.05) is 10.6 Å². The maximum atomic E-state index is 14.0. The quantitative estimate of drug-likeness (QED) is 0.635. The van der Waals surface area contributed by atoms with Crippen molar-refractivity contribution in [1.29, 1.82) is 0 Å². The number of halogens is 1. The van der Waals surface area contributed by atoms with E-state index in [0.717, 1.165) is 24.2 Å². The summed E-state index contributed by atoms with van der Waals surface area (Å²) in [5.74, 6) is -0.932. The number of hydrogen-bond acceptors (Lipinski definition) is 4. The number of anilines is 2. The van der Waals surface area contributed by atoms with Gasteiger partial charge in [0, 0.05) is 24.2 Å². The van der Waals surface area contributed by atoms with Crippen LogP contribution in [0.3, 0.4) is 0 Å². The number of rotatable bonds is 4. The topological polar surface area (TPSA) is 88.9 Å². The zero-order chi connectivity index (χ0) is 22.5. The Hall–Kier alpha value is -3.29. The van der Waals surface area contributed by atoms with Crippen LogP contribution in [0.25, 0.3) is 11.0 Å². The monoisotopic (exact) mass is 423 g/mol. The van der Waals surface area contributed by atoms with Crippen molar-refractivity contribution in [2.45, 2.75) is 58.9 Å². The number of carbonyl (C=O) groups is 2. The number of fused-ring (bicyclic) bond motifs is 1. The Morgan fingerprint density at radius 2 is 1.87 bits per heavy atom. The summed E-state index contributed by atoms with van der Waals surface area (Å²) < 4.78 is 15.8. The molecule has 0 aliphatic heterocycles. The number of pyridine rings is 1. The van der Waals surface area contributed by atoms with Gasteiger partial charge in [-0.3, -0.25) is 9.59 Å². The molecule has 0 bridgehead atoms. The zero-order valence-corrected chi connectivity index (χ0v) is 18.3. The van der Waals surface area contributed by atoms with Crippen molar-refractivity contribution in [3.63, 3.8) is 0 Å². The fourth-order valence-corrected chi connectivity index (χ4v) is 3.63. The number of nitrogens with one attached hydrogen (secondary N) is 2. The average Bonchev–Trinajstić information content (AvgIpc) is 3.46. The summed E-state index contributed by atoms with van der Waals surface area (Å²) in [6.45, 7) is 9.31. The Morgan fingerprint density at radius 3 is 2.48 bits per heavy atom. The third kappa shape index (κ3) is 4.15. The first-order chi connectivity index (χ1) is 14.5. The van der Waals surface area contributed by atoms with E-state index in [0.29, 0.717) is 28.2 Å². The van der Waals surface area contributed by atoms with Crippen molar-refractivity contribution in [2.24, 2.45) is 0 Å². The lowest BCUT2D eigenvalue weighted by molar-refractivity contribution is -0.114. The van der Waals surface area contributed by atoms with E-state index in [1.807, 2.05) is 38.4 Å². The molecule has 31 heavy (non-hydrogen) atoms. The van der Waals surface area contributed by atoms with Gasteiger partial charge in [-0.25, -0.2) is 14.1 Å². The van der Waals surface area contributed by atoms with Crippen LogP contribution < -0.4 is 10.6 Å². The molecule has 0 atom stereocenters. The zero-order valence-electron chi connectivity index (χ0n) is 18.3. The van der Waals surface area contributed by atoms with Crippen LogP contribution in [0.15, 0.2) is 24.3 Å². The molecule has 1 saturated carbocycles. The van der Waals surface area contributed by atoms with Crippen LogP contribution in [-0.2, 0) is 10.3 Å². The summed E-state index contributed by atoms with van der Waals surface area (Å²) >= 11 is 0.